The maximum absolute atomic E-state index is 11.0. The predicted molar refractivity (Wildman–Crippen MR) is 86.3 cm³/mol. The van der Waals surface area contributed by atoms with Crippen LogP contribution in [-0.4, -0.2) is 27.3 Å². The van der Waals surface area contributed by atoms with Crippen molar-refractivity contribution in [2.24, 2.45) is 0 Å². The van der Waals surface area contributed by atoms with Gasteiger partial charge in [0, 0.05) is 30.7 Å². The van der Waals surface area contributed by atoms with Crippen molar-refractivity contribution in [2.75, 3.05) is 6.54 Å². The maximum Gasteiger partial charge on any atom is 0.217 e. The van der Waals surface area contributed by atoms with E-state index in [1.807, 2.05) is 17.8 Å². The lowest BCUT2D eigenvalue weighted by Crippen LogP contribution is -2.23. The molecule has 2 aromatic rings. The number of hydrogen-bond acceptors (Lipinski definition) is 5. The molecule has 0 aromatic carbocycles. The van der Waals surface area contributed by atoms with Crippen molar-refractivity contribution in [3.8, 4) is 0 Å². The molecule has 0 bridgehead atoms. The van der Waals surface area contributed by atoms with E-state index >= 15 is 0 Å². The molecule has 6 heteroatoms. The zero-order valence-corrected chi connectivity index (χ0v) is 13.5. The van der Waals surface area contributed by atoms with Gasteiger partial charge >= 0.3 is 0 Å². The van der Waals surface area contributed by atoms with Gasteiger partial charge in [0.2, 0.25) is 5.91 Å². The smallest absolute Gasteiger partial charge is 0.217 e. The van der Waals surface area contributed by atoms with E-state index in [4.69, 9.17) is 0 Å². The Kier molecular flexibility index (Phi) is 4.80. The Labute approximate surface area is 134 Å². The number of carbonyl (C=O) groups excluding carboxylic acids is 1. The van der Waals surface area contributed by atoms with E-state index in [9.17, 15) is 4.79 Å². The summed E-state index contributed by atoms with van der Waals surface area (Å²) in [5.74, 6) is -0.0292. The zero-order valence-electron chi connectivity index (χ0n) is 12.7. The molecule has 3 rings (SSSR count). The molecule has 22 heavy (non-hydrogen) atoms. The lowest BCUT2D eigenvalue weighted by molar-refractivity contribution is -0.119. The molecule has 1 amide bonds. The standard InChI is InChI=1S/C16H20N4OS/c1-12(21)19-10-14-9-13(4-5-17-14)15-3-2-7-20(15)11-16-18-6-8-22-16/h4-6,8-9,15H,2-3,7,10-11H2,1H3,(H,19,21)/t15-/m0/s1. The number of hydrogen-bond donors (Lipinski definition) is 1. The first-order valence-corrected chi connectivity index (χ1v) is 8.42. The number of aromatic nitrogens is 2. The largest absolute Gasteiger partial charge is 0.351 e. The second-order valence-electron chi connectivity index (χ2n) is 5.54. The van der Waals surface area contributed by atoms with Gasteiger partial charge in [-0.15, -0.1) is 11.3 Å². The molecule has 1 aliphatic heterocycles. The van der Waals surface area contributed by atoms with Crippen LogP contribution >= 0.6 is 11.3 Å². The van der Waals surface area contributed by atoms with Crippen molar-refractivity contribution in [1.29, 1.82) is 0 Å². The summed E-state index contributed by atoms with van der Waals surface area (Å²) >= 11 is 1.71. The average Bonchev–Trinajstić information content (AvgIpc) is 3.18. The molecule has 0 radical (unpaired) electrons. The Morgan fingerprint density at radius 2 is 2.36 bits per heavy atom. The lowest BCUT2D eigenvalue weighted by atomic mass is 10.0. The molecule has 1 saturated heterocycles. The first-order chi connectivity index (χ1) is 10.7. The van der Waals surface area contributed by atoms with Gasteiger partial charge in [0.1, 0.15) is 5.01 Å². The third-order valence-corrected chi connectivity index (χ3v) is 4.69. The highest BCUT2D eigenvalue weighted by atomic mass is 32.1. The van der Waals surface area contributed by atoms with Crippen LogP contribution in [0, 0.1) is 0 Å². The van der Waals surface area contributed by atoms with Gasteiger partial charge in [0.05, 0.1) is 18.8 Å². The van der Waals surface area contributed by atoms with Crippen molar-refractivity contribution in [3.63, 3.8) is 0 Å². The van der Waals surface area contributed by atoms with Crippen LogP contribution in [0.4, 0.5) is 0 Å². The number of likely N-dealkylation sites (tertiary alicyclic amines) is 1. The fourth-order valence-corrected chi connectivity index (χ4v) is 3.55. The van der Waals surface area contributed by atoms with Crippen LogP contribution in [-0.2, 0) is 17.9 Å². The third kappa shape index (κ3) is 3.69. The summed E-state index contributed by atoms with van der Waals surface area (Å²) in [6, 6.07) is 4.62. The van der Waals surface area contributed by atoms with Gasteiger partial charge in [-0.05, 0) is 37.1 Å². The van der Waals surface area contributed by atoms with E-state index in [-0.39, 0.29) is 5.91 Å². The summed E-state index contributed by atoms with van der Waals surface area (Å²) in [6.07, 6.45) is 6.07. The Bertz CT molecular complexity index is 629. The topological polar surface area (TPSA) is 58.1 Å². The molecule has 1 atom stereocenters. The van der Waals surface area contributed by atoms with Crippen molar-refractivity contribution >= 4 is 17.2 Å². The van der Waals surface area contributed by atoms with E-state index in [0.29, 0.717) is 12.6 Å². The van der Waals surface area contributed by atoms with Gasteiger partial charge in [-0.25, -0.2) is 4.98 Å². The molecule has 3 heterocycles. The first kappa shape index (κ1) is 15.1. The summed E-state index contributed by atoms with van der Waals surface area (Å²) < 4.78 is 0. The number of nitrogens with one attached hydrogen (secondary N) is 1. The zero-order chi connectivity index (χ0) is 15.4. The molecule has 5 nitrogen and oxygen atoms in total. The van der Waals surface area contributed by atoms with Crippen LogP contribution in [0.25, 0.3) is 0 Å². The minimum absolute atomic E-state index is 0.0292. The SMILES string of the molecule is CC(=O)NCc1cc([C@@H]2CCCN2Cc2nccs2)ccn1. The van der Waals surface area contributed by atoms with E-state index < -0.39 is 0 Å². The van der Waals surface area contributed by atoms with E-state index in [2.05, 4.69) is 32.3 Å². The van der Waals surface area contributed by atoms with Crippen molar-refractivity contribution < 1.29 is 4.79 Å². The molecular formula is C16H20N4OS. The molecule has 1 N–H and O–H groups in total. The van der Waals surface area contributed by atoms with E-state index in [1.54, 1.807) is 11.3 Å². The Morgan fingerprint density at radius 1 is 1.45 bits per heavy atom. The van der Waals surface area contributed by atoms with Crippen molar-refractivity contribution in [2.45, 2.75) is 38.9 Å². The Hall–Kier alpha value is -1.79. The molecule has 116 valence electrons. The van der Waals surface area contributed by atoms with E-state index in [1.165, 1.54) is 23.9 Å². The summed E-state index contributed by atoms with van der Waals surface area (Å²) in [7, 11) is 0. The number of pyridine rings is 1. The van der Waals surface area contributed by atoms with E-state index in [0.717, 1.165) is 25.2 Å². The molecule has 0 unspecified atom stereocenters. The van der Waals surface area contributed by atoms with Crippen LogP contribution in [0.2, 0.25) is 0 Å². The number of nitrogens with zero attached hydrogens (tertiary/aromatic N) is 3. The summed E-state index contributed by atoms with van der Waals surface area (Å²) in [6.45, 7) is 4.03. The fourth-order valence-electron chi connectivity index (χ4n) is 2.91. The van der Waals surface area contributed by atoms with Crippen LogP contribution in [0.15, 0.2) is 29.9 Å². The van der Waals surface area contributed by atoms with Gasteiger partial charge in [-0.2, -0.15) is 0 Å². The molecule has 1 aliphatic rings. The Morgan fingerprint density at radius 3 is 3.14 bits per heavy atom. The summed E-state index contributed by atoms with van der Waals surface area (Å²) in [5, 5.41) is 6.00. The van der Waals surface area contributed by atoms with Crippen LogP contribution in [0.1, 0.15) is 42.1 Å². The van der Waals surface area contributed by atoms with Gasteiger partial charge in [0.15, 0.2) is 0 Å². The fraction of sp³-hybridized carbons (Fsp3) is 0.438. The highest BCUT2D eigenvalue weighted by Gasteiger charge is 2.26. The Balaban J connectivity index is 1.71. The second kappa shape index (κ2) is 6.98. The summed E-state index contributed by atoms with van der Waals surface area (Å²) in [4.78, 5) is 22.2. The minimum Gasteiger partial charge on any atom is -0.351 e. The first-order valence-electron chi connectivity index (χ1n) is 7.54. The molecule has 0 spiro atoms. The molecular weight excluding hydrogens is 296 g/mol. The quantitative estimate of drug-likeness (QED) is 0.921. The molecule has 1 fully saturated rings. The average molecular weight is 316 g/mol. The minimum atomic E-state index is -0.0292. The van der Waals surface area contributed by atoms with Crippen molar-refractivity contribution in [1.82, 2.24) is 20.2 Å². The van der Waals surface area contributed by atoms with Gasteiger partial charge in [0.25, 0.3) is 0 Å². The number of carbonyl (C=O) groups is 1. The van der Waals surface area contributed by atoms with Gasteiger partial charge < -0.3 is 5.32 Å². The molecule has 0 aliphatic carbocycles. The third-order valence-electron chi connectivity index (χ3n) is 3.93. The molecule has 0 saturated carbocycles. The van der Waals surface area contributed by atoms with Crippen molar-refractivity contribution in [3.05, 3.63) is 46.2 Å². The van der Waals surface area contributed by atoms with Crippen LogP contribution in [0.3, 0.4) is 0 Å². The monoisotopic (exact) mass is 316 g/mol. The molecule has 2 aromatic heterocycles. The van der Waals surface area contributed by atoms with Crippen LogP contribution < -0.4 is 5.32 Å². The van der Waals surface area contributed by atoms with Gasteiger partial charge in [-0.3, -0.25) is 14.7 Å². The number of thiazole rings is 1. The normalized spacial score (nSPS) is 18.5. The predicted octanol–water partition coefficient (Wildman–Crippen LogP) is 2.51. The highest BCUT2D eigenvalue weighted by molar-refractivity contribution is 7.09. The number of rotatable bonds is 5. The highest BCUT2D eigenvalue weighted by Crippen LogP contribution is 2.33. The maximum atomic E-state index is 11.0. The van der Waals surface area contributed by atoms with Gasteiger partial charge in [-0.1, -0.05) is 0 Å². The summed E-state index contributed by atoms with van der Waals surface area (Å²) in [5.41, 5.74) is 2.19. The lowest BCUT2D eigenvalue weighted by Gasteiger charge is -2.24. The second-order valence-corrected chi connectivity index (χ2v) is 6.52. The number of amides is 1. The van der Waals surface area contributed by atoms with Crippen LogP contribution in [0.5, 0.6) is 0 Å².